The van der Waals surface area contributed by atoms with Crippen LogP contribution in [0.15, 0.2) is 59.6 Å². The number of hydrogen-bond donors (Lipinski definition) is 2. The fourth-order valence-electron chi connectivity index (χ4n) is 3.06. The van der Waals surface area contributed by atoms with Gasteiger partial charge in [0.15, 0.2) is 5.65 Å². The van der Waals surface area contributed by atoms with E-state index < -0.39 is 26.6 Å². The van der Waals surface area contributed by atoms with Crippen LogP contribution in [0.3, 0.4) is 0 Å². The molecule has 0 saturated heterocycles. The average Bonchev–Trinajstić information content (AvgIpc) is 3.12. The maximum Gasteiger partial charge on any atom is 0.243 e. The molecule has 0 unspecified atom stereocenters. The topological polar surface area (TPSA) is 88.4 Å². The molecule has 0 aliphatic heterocycles. The van der Waals surface area contributed by atoms with Crippen molar-refractivity contribution < 1.29 is 17.2 Å². The van der Waals surface area contributed by atoms with Crippen LogP contribution in [0.25, 0.3) is 16.9 Å². The minimum atomic E-state index is -4.16. The molecule has 162 valence electrons. The van der Waals surface area contributed by atoms with Gasteiger partial charge in [0.25, 0.3) is 0 Å². The number of halogens is 3. The first kappa shape index (κ1) is 22.2. The fourth-order valence-corrected chi connectivity index (χ4v) is 4.38. The zero-order chi connectivity index (χ0) is 22.9. The van der Waals surface area contributed by atoms with Crippen LogP contribution < -0.4 is 15.5 Å². The Balaban J connectivity index is 1.54. The van der Waals surface area contributed by atoms with Gasteiger partial charge in [-0.05, 0) is 23.7 Å². The number of aromatic nitrogens is 3. The fraction of sp³-hybridized carbons (Fsp3) is 0.100. The van der Waals surface area contributed by atoms with E-state index in [-0.39, 0.29) is 13.1 Å². The van der Waals surface area contributed by atoms with Crippen LogP contribution in [0.2, 0.25) is 5.02 Å². The van der Waals surface area contributed by atoms with E-state index in [1.165, 1.54) is 10.7 Å². The monoisotopic (exact) mass is 473 g/mol. The van der Waals surface area contributed by atoms with Crippen molar-refractivity contribution in [2.45, 2.75) is 4.90 Å². The molecule has 2 N–H and O–H groups in total. The maximum atomic E-state index is 13.8. The molecular weight excluding hydrogens is 459 g/mol. The molecular formula is C20H15BClF2N5O2S. The summed E-state index contributed by atoms with van der Waals surface area (Å²) in [7, 11) is 1.81. The zero-order valence-electron chi connectivity index (χ0n) is 16.4. The van der Waals surface area contributed by atoms with Crippen LogP contribution in [0.4, 0.5) is 14.6 Å². The molecule has 0 aliphatic carbocycles. The van der Waals surface area contributed by atoms with Crippen molar-refractivity contribution >= 4 is 46.4 Å². The molecule has 32 heavy (non-hydrogen) atoms. The Labute approximate surface area is 188 Å². The van der Waals surface area contributed by atoms with E-state index in [1.54, 1.807) is 18.2 Å². The first-order valence-electron chi connectivity index (χ1n) is 9.34. The van der Waals surface area contributed by atoms with Crippen molar-refractivity contribution in [2.75, 3.05) is 18.4 Å². The summed E-state index contributed by atoms with van der Waals surface area (Å²) in [6.07, 6.45) is 1.45. The van der Waals surface area contributed by atoms with Gasteiger partial charge in [0.05, 0.1) is 5.69 Å². The summed E-state index contributed by atoms with van der Waals surface area (Å²) >= 11 is 6.29. The molecule has 0 saturated carbocycles. The molecule has 0 fully saturated rings. The average molecular weight is 474 g/mol. The lowest BCUT2D eigenvalue weighted by Gasteiger charge is -2.13. The summed E-state index contributed by atoms with van der Waals surface area (Å²) in [5.41, 5.74) is 1.99. The van der Waals surface area contributed by atoms with Gasteiger partial charge in [-0.25, -0.2) is 26.9 Å². The Kier molecular flexibility index (Phi) is 6.14. The van der Waals surface area contributed by atoms with Crippen molar-refractivity contribution in [1.29, 1.82) is 0 Å². The highest BCUT2D eigenvalue weighted by molar-refractivity contribution is 7.89. The number of fused-ring (bicyclic) bond motifs is 1. The molecule has 0 spiro atoms. The number of nitrogens with zero attached hydrogens (tertiary/aromatic N) is 3. The summed E-state index contributed by atoms with van der Waals surface area (Å²) < 4.78 is 55.2. The molecule has 0 atom stereocenters. The molecule has 7 nitrogen and oxygen atoms in total. The maximum absolute atomic E-state index is 13.8. The minimum absolute atomic E-state index is 0.0822. The number of sulfonamides is 1. The van der Waals surface area contributed by atoms with E-state index in [2.05, 4.69) is 20.1 Å². The summed E-state index contributed by atoms with van der Waals surface area (Å²) in [5.74, 6) is -1.54. The molecule has 2 aromatic heterocycles. The molecule has 2 heterocycles. The Morgan fingerprint density at radius 3 is 2.62 bits per heavy atom. The molecule has 12 heteroatoms. The molecule has 2 radical (unpaired) electrons. The van der Waals surface area contributed by atoms with E-state index in [0.717, 1.165) is 12.1 Å². The Morgan fingerprint density at radius 2 is 1.88 bits per heavy atom. The molecule has 0 amide bonds. The van der Waals surface area contributed by atoms with Crippen LogP contribution in [0.5, 0.6) is 0 Å². The third-order valence-electron chi connectivity index (χ3n) is 4.56. The molecule has 4 rings (SSSR count). The summed E-state index contributed by atoms with van der Waals surface area (Å²) in [6, 6.07) is 11.1. The molecule has 0 bridgehead atoms. The van der Waals surface area contributed by atoms with Gasteiger partial charge in [0, 0.05) is 42.0 Å². The van der Waals surface area contributed by atoms with Crippen molar-refractivity contribution in [3.05, 3.63) is 71.4 Å². The van der Waals surface area contributed by atoms with E-state index >= 15 is 0 Å². The van der Waals surface area contributed by atoms with Gasteiger partial charge in [-0.3, -0.25) is 0 Å². The lowest BCUT2D eigenvalue weighted by Crippen LogP contribution is -2.30. The van der Waals surface area contributed by atoms with Gasteiger partial charge in [0.1, 0.15) is 30.2 Å². The first-order valence-corrected chi connectivity index (χ1v) is 11.2. The van der Waals surface area contributed by atoms with Crippen LogP contribution >= 0.6 is 11.6 Å². The third kappa shape index (κ3) is 4.45. The Hall–Kier alpha value is -3.02. The summed E-state index contributed by atoms with van der Waals surface area (Å²) in [5, 5.41) is 7.74. The highest BCUT2D eigenvalue weighted by Gasteiger charge is 2.19. The van der Waals surface area contributed by atoms with E-state index in [9.17, 15) is 17.2 Å². The van der Waals surface area contributed by atoms with Crippen molar-refractivity contribution in [1.82, 2.24) is 19.3 Å². The second-order valence-corrected chi connectivity index (χ2v) is 8.88. The lowest BCUT2D eigenvalue weighted by atomic mass is 10.0. The van der Waals surface area contributed by atoms with E-state index in [4.69, 9.17) is 19.4 Å². The van der Waals surface area contributed by atoms with Crippen LogP contribution in [0.1, 0.15) is 0 Å². The highest BCUT2D eigenvalue weighted by Crippen LogP contribution is 2.28. The van der Waals surface area contributed by atoms with Gasteiger partial charge in [-0.15, -0.1) is 0 Å². The standard InChI is InChI=1S/C20H15BClF2N5O2S/c21-14-11-26-29-19(10-17(28-20(14)29)13-3-1-2-4-15(13)22)25-7-8-27-32(30,31)18-6-5-12(23)9-16(18)24/h1-6,9-11,25,27H,7-8H2. The third-order valence-corrected chi connectivity index (χ3v) is 6.38. The van der Waals surface area contributed by atoms with Crippen LogP contribution in [-0.2, 0) is 10.0 Å². The van der Waals surface area contributed by atoms with Crippen molar-refractivity contribution in [3.8, 4) is 11.3 Å². The van der Waals surface area contributed by atoms with Crippen molar-refractivity contribution in [3.63, 3.8) is 0 Å². The number of benzene rings is 2. The van der Waals surface area contributed by atoms with Gasteiger partial charge in [0.2, 0.25) is 10.0 Å². The zero-order valence-corrected chi connectivity index (χ0v) is 18.0. The van der Waals surface area contributed by atoms with Gasteiger partial charge < -0.3 is 5.32 Å². The highest BCUT2D eigenvalue weighted by atomic mass is 35.5. The second-order valence-electron chi connectivity index (χ2n) is 6.74. The Bertz CT molecular complexity index is 1410. The first-order chi connectivity index (χ1) is 15.3. The number of anilines is 1. The quantitative estimate of drug-likeness (QED) is 0.318. The lowest BCUT2D eigenvalue weighted by molar-refractivity contribution is 0.543. The van der Waals surface area contributed by atoms with Crippen LogP contribution in [0, 0.1) is 11.6 Å². The molecule has 2 aromatic carbocycles. The summed E-state index contributed by atoms with van der Waals surface area (Å²) in [6.45, 7) is 0.0457. The van der Waals surface area contributed by atoms with Gasteiger partial charge >= 0.3 is 0 Å². The normalized spacial score (nSPS) is 11.7. The van der Waals surface area contributed by atoms with Crippen LogP contribution in [-0.4, -0.2) is 44.0 Å². The van der Waals surface area contributed by atoms with E-state index in [1.807, 2.05) is 12.1 Å². The number of nitrogens with one attached hydrogen (secondary N) is 2. The summed E-state index contributed by atoms with van der Waals surface area (Å²) in [4.78, 5) is 3.88. The molecule has 0 aliphatic rings. The van der Waals surface area contributed by atoms with Gasteiger partial charge in [-0.1, -0.05) is 29.8 Å². The SMILES string of the molecule is [B]c1cnn2c(NCCNS(=O)(=O)c3ccc(F)cc3F)cc(-c3ccccc3Cl)nc12. The number of hydrogen-bond acceptors (Lipinski definition) is 5. The smallest absolute Gasteiger partial charge is 0.243 e. The van der Waals surface area contributed by atoms with Crippen molar-refractivity contribution in [2.24, 2.45) is 0 Å². The minimum Gasteiger partial charge on any atom is -0.369 e. The van der Waals surface area contributed by atoms with Gasteiger partial charge in [-0.2, -0.15) is 9.61 Å². The Morgan fingerprint density at radius 1 is 1.09 bits per heavy atom. The largest absolute Gasteiger partial charge is 0.369 e. The predicted octanol–water partition coefficient (Wildman–Crippen LogP) is 2.51. The predicted molar refractivity (Wildman–Crippen MR) is 119 cm³/mol. The van der Waals surface area contributed by atoms with E-state index in [0.29, 0.717) is 39.3 Å². The second kappa shape index (κ2) is 8.85. The molecule has 4 aromatic rings. The number of rotatable bonds is 7.